The van der Waals surface area contributed by atoms with E-state index < -0.39 is 8.07 Å². The van der Waals surface area contributed by atoms with Crippen molar-refractivity contribution in [3.8, 4) is 0 Å². The van der Waals surface area contributed by atoms with Crippen LogP contribution in [-0.2, 0) is 21.1 Å². The van der Waals surface area contributed by atoms with Gasteiger partial charge in [0.2, 0.25) is 0 Å². The first-order chi connectivity index (χ1) is 4.11. The molecule has 0 heterocycles. The van der Waals surface area contributed by atoms with Crippen molar-refractivity contribution in [2.45, 2.75) is 26.1 Å². The summed E-state index contributed by atoms with van der Waals surface area (Å²) in [4.78, 5) is 0. The molecule has 1 rings (SSSR count). The topological polar surface area (TPSA) is 0 Å². The van der Waals surface area contributed by atoms with E-state index in [9.17, 15) is 0 Å². The van der Waals surface area contributed by atoms with Gasteiger partial charge in [-0.15, -0.1) is 6.42 Å². The van der Waals surface area contributed by atoms with E-state index in [-0.39, 0.29) is 43.3 Å². The predicted octanol–water partition coefficient (Wildman–Crippen LogP) is 3.90. The molecule has 0 saturated carbocycles. The normalized spacial score (nSPS) is 12.7. The molecule has 0 aromatic rings. The fourth-order valence-electron chi connectivity index (χ4n) is 0.920. The van der Waals surface area contributed by atoms with Crippen LogP contribution in [0.15, 0.2) is 17.3 Å². The van der Waals surface area contributed by atoms with Crippen molar-refractivity contribution < 1.29 is 21.1 Å². The number of rotatable bonds is 1. The Morgan fingerprint density at radius 1 is 1.15 bits per heavy atom. The SMILES string of the molecule is C[Si](C)(C)C1=[C-]CC=C1.[CH3-].[CH3-].[CH3-].[Pt+4]. The van der Waals surface area contributed by atoms with Crippen LogP contribution in [0, 0.1) is 28.4 Å². The second-order valence-electron chi connectivity index (χ2n) is 3.45. The number of hydrogen-bond acceptors (Lipinski definition) is 0. The Bertz CT molecular complexity index is 163. The van der Waals surface area contributed by atoms with Crippen molar-refractivity contribution in [1.82, 2.24) is 0 Å². The van der Waals surface area contributed by atoms with Crippen LogP contribution in [0.1, 0.15) is 6.42 Å². The molecule has 0 aromatic carbocycles. The molecule has 0 atom stereocenters. The molecule has 1 aliphatic carbocycles. The fraction of sp³-hybridized carbons (Fsp3) is 0.364. The van der Waals surface area contributed by atoms with Gasteiger partial charge in [-0.3, -0.25) is 6.08 Å². The molecule has 0 N–H and O–H groups in total. The Hall–Kier alpha value is 0.385. The maximum atomic E-state index is 3.36. The molecule has 0 spiro atoms. The van der Waals surface area contributed by atoms with Gasteiger partial charge in [0.25, 0.3) is 0 Å². The molecule has 0 fully saturated rings. The molecule has 0 radical (unpaired) electrons. The molecule has 13 heavy (non-hydrogen) atoms. The van der Waals surface area contributed by atoms with Crippen LogP contribution in [0.4, 0.5) is 0 Å². The van der Waals surface area contributed by atoms with E-state index in [2.05, 4.69) is 37.9 Å². The second-order valence-corrected chi connectivity index (χ2v) is 8.49. The Balaban J connectivity index is -0.000000101. The van der Waals surface area contributed by atoms with E-state index in [1.54, 1.807) is 0 Å². The molecular formula is C11H22PtSi. The molecule has 0 amide bonds. The van der Waals surface area contributed by atoms with Gasteiger partial charge >= 0.3 is 21.1 Å². The third kappa shape index (κ3) is 7.46. The molecule has 0 unspecified atom stereocenters. The van der Waals surface area contributed by atoms with Gasteiger partial charge in [-0.05, 0) is 0 Å². The zero-order valence-electron chi connectivity index (χ0n) is 9.68. The molecular weight excluding hydrogens is 355 g/mol. The monoisotopic (exact) mass is 377 g/mol. The van der Waals surface area contributed by atoms with Crippen LogP contribution in [0.25, 0.3) is 0 Å². The zero-order valence-corrected chi connectivity index (χ0v) is 13.0. The van der Waals surface area contributed by atoms with E-state index in [0.29, 0.717) is 0 Å². The summed E-state index contributed by atoms with van der Waals surface area (Å²) in [7, 11) is -1.01. The van der Waals surface area contributed by atoms with Crippen molar-refractivity contribution in [2.75, 3.05) is 0 Å². The minimum Gasteiger partial charge on any atom is -0.358 e. The van der Waals surface area contributed by atoms with Gasteiger partial charge in [-0.25, -0.2) is 11.3 Å². The van der Waals surface area contributed by atoms with Gasteiger partial charge in [-0.2, -0.15) is 6.08 Å². The minimum atomic E-state index is -1.01. The van der Waals surface area contributed by atoms with E-state index >= 15 is 0 Å². The van der Waals surface area contributed by atoms with Crippen LogP contribution in [0.3, 0.4) is 0 Å². The molecule has 0 aliphatic heterocycles. The second kappa shape index (κ2) is 8.96. The molecule has 80 valence electrons. The fourth-order valence-corrected chi connectivity index (χ4v) is 2.17. The van der Waals surface area contributed by atoms with E-state index in [1.807, 2.05) is 0 Å². The summed E-state index contributed by atoms with van der Waals surface area (Å²) in [6.45, 7) is 7.06. The van der Waals surface area contributed by atoms with Crippen molar-refractivity contribution >= 4 is 8.07 Å². The Kier molecular flexibility index (Phi) is 16.1. The van der Waals surface area contributed by atoms with Crippen molar-refractivity contribution in [2.24, 2.45) is 0 Å². The molecule has 0 saturated heterocycles. The standard InChI is InChI=1S/C8H13Si.3CH3.Pt/c1-9(2,3)8-6-4-5-7-8;;;;/h4,6H,5H2,1-3H3;3*1H3;/q4*-1;+4. The van der Waals surface area contributed by atoms with Gasteiger partial charge in [0.15, 0.2) is 0 Å². The van der Waals surface area contributed by atoms with Gasteiger partial charge in [0.1, 0.15) is 0 Å². The van der Waals surface area contributed by atoms with Gasteiger partial charge in [-0.1, -0.05) is 19.6 Å². The third-order valence-corrected chi connectivity index (χ3v) is 3.46. The van der Waals surface area contributed by atoms with Crippen molar-refractivity contribution in [3.05, 3.63) is 45.7 Å². The molecule has 0 aromatic heterocycles. The summed E-state index contributed by atoms with van der Waals surface area (Å²) in [5.41, 5.74) is 0. The van der Waals surface area contributed by atoms with Crippen molar-refractivity contribution in [3.63, 3.8) is 0 Å². The minimum absolute atomic E-state index is 0. The quantitative estimate of drug-likeness (QED) is 0.480. The van der Waals surface area contributed by atoms with E-state index in [0.717, 1.165) is 6.42 Å². The Labute approximate surface area is 101 Å². The predicted molar refractivity (Wildman–Crippen MR) is 63.1 cm³/mol. The smallest absolute Gasteiger partial charge is 0.358 e. The summed E-state index contributed by atoms with van der Waals surface area (Å²) >= 11 is 0. The summed E-state index contributed by atoms with van der Waals surface area (Å²) in [6.07, 6.45) is 8.82. The summed E-state index contributed by atoms with van der Waals surface area (Å²) < 4.78 is 0. The van der Waals surface area contributed by atoms with E-state index in [1.165, 1.54) is 5.20 Å². The van der Waals surface area contributed by atoms with Crippen LogP contribution in [-0.4, -0.2) is 8.07 Å². The summed E-state index contributed by atoms with van der Waals surface area (Å²) in [5, 5.41) is 1.49. The molecule has 0 nitrogen and oxygen atoms in total. The molecule has 2 heteroatoms. The molecule has 0 bridgehead atoms. The van der Waals surface area contributed by atoms with Gasteiger partial charge in [0, 0.05) is 8.07 Å². The maximum absolute atomic E-state index is 3.36. The first-order valence-electron chi connectivity index (χ1n) is 3.38. The maximum Gasteiger partial charge on any atom is 4.00 e. The molecule has 1 aliphatic rings. The van der Waals surface area contributed by atoms with Crippen molar-refractivity contribution in [1.29, 1.82) is 0 Å². The average Bonchev–Trinajstić information content (AvgIpc) is 2.08. The van der Waals surface area contributed by atoms with Crippen LogP contribution in [0.5, 0.6) is 0 Å². The Morgan fingerprint density at radius 2 is 1.62 bits per heavy atom. The van der Waals surface area contributed by atoms with Crippen LogP contribution < -0.4 is 0 Å². The summed E-state index contributed by atoms with van der Waals surface area (Å²) in [5.74, 6) is 0. The number of hydrogen-bond donors (Lipinski definition) is 0. The van der Waals surface area contributed by atoms with Gasteiger partial charge in [0.05, 0.1) is 0 Å². The van der Waals surface area contributed by atoms with Crippen LogP contribution >= 0.6 is 0 Å². The zero-order chi connectivity index (χ0) is 6.91. The third-order valence-electron chi connectivity index (χ3n) is 1.50. The Morgan fingerprint density at radius 3 is 1.77 bits per heavy atom. The first kappa shape index (κ1) is 23.3. The van der Waals surface area contributed by atoms with E-state index in [4.69, 9.17) is 0 Å². The van der Waals surface area contributed by atoms with Gasteiger partial charge < -0.3 is 22.3 Å². The first-order valence-corrected chi connectivity index (χ1v) is 6.88. The number of allylic oxidation sites excluding steroid dienone is 4. The largest absolute Gasteiger partial charge is 4.00 e. The average molecular weight is 377 g/mol. The summed E-state index contributed by atoms with van der Waals surface area (Å²) in [6, 6.07) is 0. The van der Waals surface area contributed by atoms with Crippen LogP contribution in [0.2, 0.25) is 19.6 Å².